The molecule has 4 rings (SSSR count). The number of piperidine rings is 1. The first kappa shape index (κ1) is 25.6. The van der Waals surface area contributed by atoms with Crippen LogP contribution in [0.15, 0.2) is 29.3 Å². The van der Waals surface area contributed by atoms with Crippen molar-refractivity contribution in [3.8, 4) is 0 Å². The molecule has 5 nitrogen and oxygen atoms in total. The Balaban J connectivity index is 0.00000289. The van der Waals surface area contributed by atoms with Gasteiger partial charge in [0.15, 0.2) is 5.96 Å². The maximum atomic E-state index is 13.0. The molecule has 3 aliphatic rings. The molecule has 3 fully saturated rings. The number of likely N-dealkylation sites (tertiary alicyclic amines) is 1. The van der Waals surface area contributed by atoms with Crippen molar-refractivity contribution >= 4 is 29.9 Å². The van der Waals surface area contributed by atoms with E-state index in [0.717, 1.165) is 56.7 Å². The SMILES string of the molecule is CCNC(=NCC1CCCN(C)C1c1ccc(C(F)(F)F)cc1)NC1CC2CCC1O2.I. The Morgan fingerprint density at radius 3 is 2.53 bits per heavy atom. The predicted molar refractivity (Wildman–Crippen MR) is 130 cm³/mol. The van der Waals surface area contributed by atoms with E-state index in [2.05, 4.69) is 15.5 Å². The third-order valence-corrected chi connectivity index (χ3v) is 6.84. The van der Waals surface area contributed by atoms with Gasteiger partial charge in [-0.1, -0.05) is 12.1 Å². The number of aliphatic imine (C=N–C) groups is 1. The van der Waals surface area contributed by atoms with Crippen LogP contribution in [0.25, 0.3) is 0 Å². The minimum atomic E-state index is -4.31. The van der Waals surface area contributed by atoms with Gasteiger partial charge in [0.2, 0.25) is 0 Å². The van der Waals surface area contributed by atoms with E-state index >= 15 is 0 Å². The van der Waals surface area contributed by atoms with Crippen molar-refractivity contribution in [1.29, 1.82) is 0 Å². The van der Waals surface area contributed by atoms with Crippen molar-refractivity contribution in [2.45, 2.75) is 69.5 Å². The molecule has 0 aromatic heterocycles. The van der Waals surface area contributed by atoms with Crippen LogP contribution in [0.5, 0.6) is 0 Å². The topological polar surface area (TPSA) is 48.9 Å². The highest BCUT2D eigenvalue weighted by Gasteiger charge is 2.41. The fraction of sp³-hybridized carbons (Fsp3) is 0.696. The van der Waals surface area contributed by atoms with E-state index in [1.54, 1.807) is 12.1 Å². The molecule has 5 unspecified atom stereocenters. The van der Waals surface area contributed by atoms with Crippen LogP contribution in [0.3, 0.4) is 0 Å². The quantitative estimate of drug-likeness (QED) is 0.312. The predicted octanol–water partition coefficient (Wildman–Crippen LogP) is 4.58. The Kier molecular flexibility index (Phi) is 8.71. The lowest BCUT2D eigenvalue weighted by atomic mass is 9.84. The number of hydrogen-bond donors (Lipinski definition) is 2. The summed E-state index contributed by atoms with van der Waals surface area (Å²) in [5, 5.41) is 6.90. The standard InChI is InChI=1S/C23H33F3N4O.HI/c1-3-27-22(29-19-13-18-10-11-20(19)31-18)28-14-16-5-4-12-30(2)21(16)15-6-8-17(9-7-15)23(24,25)26;/h6-9,16,18-21H,3-5,10-14H2,1-2H3,(H2,27,28,29);1H. The van der Waals surface area contributed by atoms with E-state index in [0.29, 0.717) is 18.7 Å². The van der Waals surface area contributed by atoms with Gasteiger partial charge in [0.05, 0.1) is 23.8 Å². The lowest BCUT2D eigenvalue weighted by Gasteiger charge is -2.39. The number of rotatable bonds is 5. The number of hydrogen-bond acceptors (Lipinski definition) is 3. The van der Waals surface area contributed by atoms with E-state index in [4.69, 9.17) is 9.73 Å². The fourth-order valence-corrected chi connectivity index (χ4v) is 5.34. The van der Waals surface area contributed by atoms with Crippen LogP contribution in [-0.2, 0) is 10.9 Å². The van der Waals surface area contributed by atoms with Crippen molar-refractivity contribution in [2.24, 2.45) is 10.9 Å². The van der Waals surface area contributed by atoms with Crippen LogP contribution in [0.4, 0.5) is 13.2 Å². The van der Waals surface area contributed by atoms with Crippen LogP contribution < -0.4 is 10.6 Å². The molecule has 2 bridgehead atoms. The van der Waals surface area contributed by atoms with Crippen LogP contribution in [0, 0.1) is 5.92 Å². The summed E-state index contributed by atoms with van der Waals surface area (Å²) in [6.45, 7) is 4.40. The molecule has 2 N–H and O–H groups in total. The molecule has 3 saturated heterocycles. The Bertz CT molecular complexity index is 774. The Morgan fingerprint density at radius 2 is 1.94 bits per heavy atom. The second-order valence-corrected chi connectivity index (χ2v) is 9.03. The van der Waals surface area contributed by atoms with Gasteiger partial charge in [0.1, 0.15) is 0 Å². The first-order valence-electron chi connectivity index (χ1n) is 11.4. The van der Waals surface area contributed by atoms with Gasteiger partial charge in [-0.15, -0.1) is 24.0 Å². The fourth-order valence-electron chi connectivity index (χ4n) is 5.34. The van der Waals surface area contributed by atoms with Crippen LogP contribution in [-0.4, -0.2) is 55.8 Å². The summed E-state index contributed by atoms with van der Waals surface area (Å²) in [5.41, 5.74) is 0.325. The highest BCUT2D eigenvalue weighted by molar-refractivity contribution is 14.0. The maximum Gasteiger partial charge on any atom is 0.416 e. The summed E-state index contributed by atoms with van der Waals surface area (Å²) in [6.07, 6.45) is 1.70. The van der Waals surface area contributed by atoms with E-state index in [1.165, 1.54) is 12.1 Å². The molecule has 0 spiro atoms. The van der Waals surface area contributed by atoms with E-state index in [9.17, 15) is 13.2 Å². The van der Waals surface area contributed by atoms with Crippen molar-refractivity contribution in [3.63, 3.8) is 0 Å². The minimum absolute atomic E-state index is 0. The lowest BCUT2D eigenvalue weighted by Crippen LogP contribution is -2.47. The third kappa shape index (κ3) is 5.88. The molecular weight excluding hydrogens is 532 g/mol. The Hall–Kier alpha value is -1.07. The molecule has 0 amide bonds. The number of fused-ring (bicyclic) bond motifs is 2. The largest absolute Gasteiger partial charge is 0.416 e. The van der Waals surface area contributed by atoms with Gasteiger partial charge in [-0.2, -0.15) is 13.2 Å². The molecule has 9 heteroatoms. The summed E-state index contributed by atoms with van der Waals surface area (Å²) in [4.78, 5) is 7.13. The molecule has 1 aromatic carbocycles. The smallest absolute Gasteiger partial charge is 0.373 e. The number of nitrogens with one attached hydrogen (secondary N) is 2. The van der Waals surface area contributed by atoms with Crippen molar-refractivity contribution in [1.82, 2.24) is 15.5 Å². The summed E-state index contributed by atoms with van der Waals surface area (Å²) in [7, 11) is 2.05. The highest BCUT2D eigenvalue weighted by atomic mass is 127. The summed E-state index contributed by atoms with van der Waals surface area (Å²) in [6, 6.07) is 6.01. The number of alkyl halides is 3. The molecule has 32 heavy (non-hydrogen) atoms. The zero-order valence-corrected chi connectivity index (χ0v) is 21.0. The van der Waals surface area contributed by atoms with Crippen LogP contribution in [0.2, 0.25) is 0 Å². The molecule has 0 saturated carbocycles. The number of benzene rings is 1. The summed E-state index contributed by atoms with van der Waals surface area (Å²) < 4.78 is 44.9. The molecule has 180 valence electrons. The minimum Gasteiger partial charge on any atom is -0.373 e. The van der Waals surface area contributed by atoms with Gasteiger partial charge in [-0.25, -0.2) is 0 Å². The van der Waals surface area contributed by atoms with Crippen molar-refractivity contribution < 1.29 is 17.9 Å². The second kappa shape index (κ2) is 10.9. The molecule has 0 aliphatic carbocycles. The number of ether oxygens (including phenoxy) is 1. The van der Waals surface area contributed by atoms with Gasteiger partial charge in [0.25, 0.3) is 0 Å². The van der Waals surface area contributed by atoms with E-state index < -0.39 is 11.7 Å². The number of guanidine groups is 1. The molecule has 5 atom stereocenters. The van der Waals surface area contributed by atoms with Gasteiger partial charge in [0, 0.05) is 19.1 Å². The van der Waals surface area contributed by atoms with Crippen molar-refractivity contribution in [3.05, 3.63) is 35.4 Å². The average molecular weight is 566 g/mol. The summed E-state index contributed by atoms with van der Waals surface area (Å²) >= 11 is 0. The molecular formula is C23H34F3IN4O. The van der Waals surface area contributed by atoms with Crippen LogP contribution in [0.1, 0.15) is 56.2 Å². The van der Waals surface area contributed by atoms with Gasteiger partial charge >= 0.3 is 6.18 Å². The first-order valence-corrected chi connectivity index (χ1v) is 11.4. The van der Waals surface area contributed by atoms with Gasteiger partial charge < -0.3 is 15.4 Å². The Labute approximate surface area is 205 Å². The van der Waals surface area contributed by atoms with Gasteiger partial charge in [-0.3, -0.25) is 9.89 Å². The zero-order chi connectivity index (χ0) is 22.0. The first-order chi connectivity index (χ1) is 14.8. The molecule has 3 aliphatic heterocycles. The zero-order valence-electron chi connectivity index (χ0n) is 18.7. The maximum absolute atomic E-state index is 13.0. The summed E-state index contributed by atoms with van der Waals surface area (Å²) in [5.74, 6) is 1.06. The lowest BCUT2D eigenvalue weighted by molar-refractivity contribution is -0.137. The van der Waals surface area contributed by atoms with E-state index in [-0.39, 0.29) is 42.0 Å². The third-order valence-electron chi connectivity index (χ3n) is 6.84. The van der Waals surface area contributed by atoms with E-state index in [1.807, 2.05) is 14.0 Å². The molecule has 3 heterocycles. The van der Waals surface area contributed by atoms with Crippen LogP contribution >= 0.6 is 24.0 Å². The highest BCUT2D eigenvalue weighted by Crippen LogP contribution is 2.37. The Morgan fingerprint density at radius 1 is 1.19 bits per heavy atom. The number of nitrogens with zero attached hydrogens (tertiary/aromatic N) is 2. The number of halogens is 4. The second-order valence-electron chi connectivity index (χ2n) is 9.03. The normalized spacial score (nSPS) is 30.8. The monoisotopic (exact) mass is 566 g/mol. The van der Waals surface area contributed by atoms with Gasteiger partial charge in [-0.05, 0) is 76.2 Å². The molecule has 1 aromatic rings. The van der Waals surface area contributed by atoms with Crippen molar-refractivity contribution in [2.75, 3.05) is 26.7 Å². The average Bonchev–Trinajstić information content (AvgIpc) is 3.35. The molecule has 0 radical (unpaired) electrons.